The average Bonchev–Trinajstić information content (AvgIpc) is 3.35. The summed E-state index contributed by atoms with van der Waals surface area (Å²) in [7, 11) is 0. The van der Waals surface area contributed by atoms with Crippen LogP contribution in [0.5, 0.6) is 0 Å². The van der Waals surface area contributed by atoms with Crippen LogP contribution in [0, 0.1) is 0 Å². The summed E-state index contributed by atoms with van der Waals surface area (Å²) in [5.74, 6) is -0.975. The zero-order chi connectivity index (χ0) is 51.0. The van der Waals surface area contributed by atoms with Crippen molar-refractivity contribution in [3.05, 3.63) is 36.5 Å². The van der Waals surface area contributed by atoms with E-state index in [1.807, 2.05) is 0 Å². The zero-order valence-electron chi connectivity index (χ0n) is 43.3. The van der Waals surface area contributed by atoms with Crippen LogP contribution in [0.4, 0.5) is 0 Å². The van der Waals surface area contributed by atoms with Gasteiger partial charge in [0.2, 0.25) is 0 Å². The molecule has 2 heterocycles. The molecule has 0 amide bonds. The molecule has 0 saturated carbocycles. The van der Waals surface area contributed by atoms with E-state index >= 15 is 0 Å². The SMILES string of the molecule is CCCCCC/C=C/CCCCCCCCCCCC(=O)O[C@@H](COC(=O)CCC/C=C/C/C=C/CCCCCCCCCCC)CO[C@@H]1O[C@H](CO[C@@H]2O[C@H](CO)[C@H](O)C(O)C2O)[C@H](O)C(O)C1O. The van der Waals surface area contributed by atoms with Crippen molar-refractivity contribution in [2.45, 2.75) is 274 Å². The topological polar surface area (TPSA) is 231 Å². The molecule has 0 aromatic heterocycles. The van der Waals surface area contributed by atoms with Crippen LogP contribution >= 0.6 is 0 Å². The number of allylic oxidation sites excluding steroid dienone is 6. The molecule has 7 N–H and O–H groups in total. The van der Waals surface area contributed by atoms with E-state index in [-0.39, 0.29) is 19.4 Å². The Labute approximate surface area is 421 Å². The van der Waals surface area contributed by atoms with E-state index < -0.39 is 99.3 Å². The largest absolute Gasteiger partial charge is 0.462 e. The second-order valence-electron chi connectivity index (χ2n) is 19.4. The molecule has 15 heteroatoms. The highest BCUT2D eigenvalue weighted by molar-refractivity contribution is 5.70. The van der Waals surface area contributed by atoms with Crippen molar-refractivity contribution in [3.63, 3.8) is 0 Å². The number of aliphatic hydroxyl groups is 7. The van der Waals surface area contributed by atoms with Crippen LogP contribution in [0.15, 0.2) is 36.5 Å². The molecule has 2 aliphatic heterocycles. The third-order valence-electron chi connectivity index (χ3n) is 13.1. The van der Waals surface area contributed by atoms with E-state index in [2.05, 4.69) is 50.3 Å². The molecule has 408 valence electrons. The van der Waals surface area contributed by atoms with Gasteiger partial charge in [-0.05, 0) is 64.2 Å². The van der Waals surface area contributed by atoms with Gasteiger partial charge in [-0.3, -0.25) is 9.59 Å². The Hall–Kier alpha value is -2.28. The smallest absolute Gasteiger partial charge is 0.306 e. The minimum absolute atomic E-state index is 0.154. The summed E-state index contributed by atoms with van der Waals surface area (Å²) in [5, 5.41) is 72.2. The van der Waals surface area contributed by atoms with Crippen molar-refractivity contribution in [2.75, 3.05) is 26.4 Å². The van der Waals surface area contributed by atoms with Gasteiger partial charge in [-0.15, -0.1) is 0 Å². The van der Waals surface area contributed by atoms with Crippen molar-refractivity contribution >= 4 is 11.9 Å². The van der Waals surface area contributed by atoms with Gasteiger partial charge in [0.15, 0.2) is 18.7 Å². The molecule has 2 fully saturated rings. The number of carbonyl (C=O) groups excluding carboxylic acids is 2. The second kappa shape index (κ2) is 42.1. The van der Waals surface area contributed by atoms with Gasteiger partial charge < -0.3 is 64.2 Å². The van der Waals surface area contributed by atoms with Crippen LogP contribution in [0.25, 0.3) is 0 Å². The van der Waals surface area contributed by atoms with Gasteiger partial charge in [0.05, 0.1) is 19.8 Å². The maximum Gasteiger partial charge on any atom is 0.306 e. The molecule has 0 aromatic carbocycles. The number of hydrogen-bond donors (Lipinski definition) is 7. The summed E-state index contributed by atoms with van der Waals surface area (Å²) < 4.78 is 33.6. The third kappa shape index (κ3) is 29.4. The van der Waals surface area contributed by atoms with Crippen LogP contribution in [-0.2, 0) is 38.0 Å². The molecule has 2 rings (SSSR count). The van der Waals surface area contributed by atoms with E-state index in [9.17, 15) is 45.3 Å². The molecular weight excluding hydrogens is 901 g/mol. The molecule has 15 nitrogen and oxygen atoms in total. The lowest BCUT2D eigenvalue weighted by atomic mass is 9.98. The third-order valence-corrected chi connectivity index (χ3v) is 13.1. The summed E-state index contributed by atoms with van der Waals surface area (Å²) in [6, 6.07) is 0. The van der Waals surface area contributed by atoms with Gasteiger partial charge in [0, 0.05) is 12.8 Å². The summed E-state index contributed by atoms with van der Waals surface area (Å²) in [6.45, 7) is 2.55. The molecular formula is C55H98O15. The summed E-state index contributed by atoms with van der Waals surface area (Å²) >= 11 is 0. The normalized spacial score (nSPS) is 25.6. The van der Waals surface area contributed by atoms with Crippen molar-refractivity contribution in [1.82, 2.24) is 0 Å². The monoisotopic (exact) mass is 999 g/mol. The Kier molecular flexibility index (Phi) is 38.4. The molecule has 0 radical (unpaired) electrons. The maximum atomic E-state index is 13.0. The Morgan fingerprint density at radius 2 is 0.871 bits per heavy atom. The highest BCUT2D eigenvalue weighted by Gasteiger charge is 2.47. The highest BCUT2D eigenvalue weighted by Crippen LogP contribution is 2.26. The van der Waals surface area contributed by atoms with E-state index in [1.54, 1.807) is 0 Å². The first-order chi connectivity index (χ1) is 34.0. The minimum Gasteiger partial charge on any atom is -0.462 e. The predicted molar refractivity (Wildman–Crippen MR) is 270 cm³/mol. The van der Waals surface area contributed by atoms with E-state index in [0.717, 1.165) is 44.9 Å². The predicted octanol–water partition coefficient (Wildman–Crippen LogP) is 8.49. The Balaban J connectivity index is 1.80. The molecule has 2 saturated heterocycles. The van der Waals surface area contributed by atoms with Gasteiger partial charge in [0.25, 0.3) is 0 Å². The zero-order valence-corrected chi connectivity index (χ0v) is 43.3. The quantitative estimate of drug-likeness (QED) is 0.0173. The van der Waals surface area contributed by atoms with E-state index in [0.29, 0.717) is 19.3 Å². The number of ether oxygens (including phenoxy) is 6. The summed E-state index contributed by atoms with van der Waals surface area (Å²) in [6.07, 6.45) is 28.9. The number of unbranched alkanes of at least 4 members (excludes halogenated alkanes) is 23. The average molecular weight is 999 g/mol. The lowest BCUT2D eigenvalue weighted by Crippen LogP contribution is -2.61. The standard InChI is InChI=1S/C55H98O15/c1-3-5-7-9-11-13-15-17-19-21-23-25-27-29-31-33-35-37-46(57)65-40-43(68-47(58)38-36-34-32-30-28-26-24-22-20-18-16-14-12-10-8-6-4-2)41-66-54-53(64)51(62)49(60)45(70-54)42-67-55-52(63)50(61)48(59)44(39-56)69-55/h14,16,23,25,29,31,43-45,48-56,59-64H,3-13,15,17-22,24,26-28,30,32-42H2,1-2H3/b16-14+,25-23+,31-29+/t43-,44+,45+,48-,49-,50?,51?,52?,53?,54+,55+/m0/s1. The molecule has 11 atom stereocenters. The van der Waals surface area contributed by atoms with Gasteiger partial charge in [-0.2, -0.15) is 0 Å². The van der Waals surface area contributed by atoms with Crippen LogP contribution in [0.2, 0.25) is 0 Å². The Bertz CT molecular complexity index is 1360. The number of aliphatic hydroxyl groups excluding tert-OH is 7. The minimum atomic E-state index is -1.77. The lowest BCUT2D eigenvalue weighted by Gasteiger charge is -2.42. The Morgan fingerprint density at radius 3 is 1.40 bits per heavy atom. The highest BCUT2D eigenvalue weighted by atomic mass is 16.7. The number of esters is 2. The first kappa shape index (κ1) is 63.8. The van der Waals surface area contributed by atoms with Crippen molar-refractivity contribution in [1.29, 1.82) is 0 Å². The number of carbonyl (C=O) groups is 2. The Morgan fingerprint density at radius 1 is 0.457 bits per heavy atom. The van der Waals surface area contributed by atoms with Crippen LogP contribution in [0.1, 0.15) is 206 Å². The molecule has 2 aliphatic rings. The molecule has 0 aromatic rings. The molecule has 0 bridgehead atoms. The van der Waals surface area contributed by atoms with Crippen molar-refractivity contribution in [3.8, 4) is 0 Å². The van der Waals surface area contributed by atoms with Crippen LogP contribution in [0.3, 0.4) is 0 Å². The van der Waals surface area contributed by atoms with Gasteiger partial charge in [-0.1, -0.05) is 166 Å². The molecule has 70 heavy (non-hydrogen) atoms. The molecule has 4 unspecified atom stereocenters. The lowest BCUT2D eigenvalue weighted by molar-refractivity contribution is -0.332. The van der Waals surface area contributed by atoms with Crippen LogP contribution in [-0.4, -0.2) is 142 Å². The van der Waals surface area contributed by atoms with E-state index in [4.69, 9.17) is 28.4 Å². The fraction of sp³-hybridized carbons (Fsp3) is 0.855. The maximum absolute atomic E-state index is 13.0. The van der Waals surface area contributed by atoms with Crippen molar-refractivity contribution in [2.24, 2.45) is 0 Å². The number of hydrogen-bond acceptors (Lipinski definition) is 15. The van der Waals surface area contributed by atoms with Gasteiger partial charge in [-0.25, -0.2) is 0 Å². The first-order valence-electron chi connectivity index (χ1n) is 27.6. The van der Waals surface area contributed by atoms with Gasteiger partial charge >= 0.3 is 11.9 Å². The molecule has 0 aliphatic carbocycles. The fourth-order valence-corrected chi connectivity index (χ4v) is 8.55. The van der Waals surface area contributed by atoms with Crippen molar-refractivity contribution < 1.29 is 73.8 Å². The van der Waals surface area contributed by atoms with E-state index in [1.165, 1.54) is 116 Å². The molecule has 0 spiro atoms. The fourth-order valence-electron chi connectivity index (χ4n) is 8.55. The van der Waals surface area contributed by atoms with Gasteiger partial charge in [0.1, 0.15) is 55.4 Å². The summed E-state index contributed by atoms with van der Waals surface area (Å²) in [5.41, 5.74) is 0. The number of rotatable bonds is 43. The second-order valence-corrected chi connectivity index (χ2v) is 19.4. The first-order valence-corrected chi connectivity index (χ1v) is 27.6. The van der Waals surface area contributed by atoms with Crippen LogP contribution < -0.4 is 0 Å². The summed E-state index contributed by atoms with van der Waals surface area (Å²) in [4.78, 5) is 25.8.